The first kappa shape index (κ1) is 27.3. The number of carboxylic acids is 2. The maximum Gasteiger partial charge on any atom is 0.319 e. The number of urea groups is 2. The summed E-state index contributed by atoms with van der Waals surface area (Å²) in [7, 11) is 0. The normalized spacial score (nSPS) is 18.4. The number of carbonyl (C=O) groups excluding carboxylic acids is 2. The third-order valence-electron chi connectivity index (χ3n) is 7.53. The molecule has 2 aliphatic rings. The smallest absolute Gasteiger partial charge is 0.319 e. The molecule has 0 bridgehead atoms. The number of carbonyl (C=O) groups is 4. The van der Waals surface area contributed by atoms with Crippen LogP contribution >= 0.6 is 0 Å². The fourth-order valence-electron chi connectivity index (χ4n) is 5.60. The van der Waals surface area contributed by atoms with Crippen LogP contribution < -0.4 is 21.3 Å². The summed E-state index contributed by atoms with van der Waals surface area (Å²) in [6.45, 7) is 0.628. The van der Waals surface area contributed by atoms with E-state index in [0.717, 1.165) is 64.2 Å². The Kier molecular flexibility index (Phi) is 9.55. The van der Waals surface area contributed by atoms with Gasteiger partial charge >= 0.3 is 24.0 Å². The van der Waals surface area contributed by atoms with Crippen molar-refractivity contribution in [2.75, 3.05) is 23.7 Å². The van der Waals surface area contributed by atoms with Crippen molar-refractivity contribution in [1.82, 2.24) is 10.6 Å². The summed E-state index contributed by atoms with van der Waals surface area (Å²) in [5.41, 5.74) is 0.279. The highest BCUT2D eigenvalue weighted by Crippen LogP contribution is 2.39. The lowest BCUT2D eigenvalue weighted by molar-refractivity contribution is -0.141. The summed E-state index contributed by atoms with van der Waals surface area (Å²) < 4.78 is 0. The lowest BCUT2D eigenvalue weighted by Gasteiger charge is -2.36. The SMILES string of the molecule is O=C(O)CC1(CNC(=O)Nc2ccc(NC(=O)NCC3(CC(=O)O)CCCCC3)cc2)CCCCC1. The Morgan fingerprint density at radius 1 is 0.611 bits per heavy atom. The third kappa shape index (κ3) is 8.42. The van der Waals surface area contributed by atoms with E-state index in [2.05, 4.69) is 21.3 Å². The van der Waals surface area contributed by atoms with Gasteiger partial charge in [-0.05, 0) is 60.8 Å². The van der Waals surface area contributed by atoms with Gasteiger partial charge in [0.25, 0.3) is 0 Å². The van der Waals surface area contributed by atoms with Crippen LogP contribution in [0.2, 0.25) is 0 Å². The molecule has 1 aromatic carbocycles. The molecule has 198 valence electrons. The summed E-state index contributed by atoms with van der Waals surface area (Å²) in [4.78, 5) is 47.4. The van der Waals surface area contributed by atoms with Gasteiger partial charge in [-0.1, -0.05) is 38.5 Å². The van der Waals surface area contributed by atoms with E-state index in [1.54, 1.807) is 24.3 Å². The molecule has 2 saturated carbocycles. The number of rotatable bonds is 10. The maximum atomic E-state index is 12.4. The quantitative estimate of drug-likeness (QED) is 0.270. The molecule has 10 nitrogen and oxygen atoms in total. The van der Waals surface area contributed by atoms with Crippen LogP contribution in [0.1, 0.15) is 77.0 Å². The minimum atomic E-state index is -0.845. The summed E-state index contributed by atoms with van der Waals surface area (Å²) in [5, 5.41) is 29.7. The molecule has 0 saturated heterocycles. The van der Waals surface area contributed by atoms with Crippen LogP contribution in [0.25, 0.3) is 0 Å². The third-order valence-corrected chi connectivity index (χ3v) is 7.53. The topological polar surface area (TPSA) is 157 Å². The van der Waals surface area contributed by atoms with Crippen LogP contribution in [-0.4, -0.2) is 47.3 Å². The Labute approximate surface area is 211 Å². The minimum Gasteiger partial charge on any atom is -0.481 e. The van der Waals surface area contributed by atoms with Crippen LogP contribution in [0, 0.1) is 10.8 Å². The summed E-state index contributed by atoms with van der Waals surface area (Å²) in [6, 6.07) is 5.84. The molecule has 1 aromatic rings. The first-order chi connectivity index (χ1) is 17.2. The van der Waals surface area contributed by atoms with Crippen molar-refractivity contribution in [3.05, 3.63) is 24.3 Å². The number of benzene rings is 1. The second-order valence-corrected chi connectivity index (χ2v) is 10.5. The predicted octanol–water partition coefficient (Wildman–Crippen LogP) is 4.78. The number of hydrogen-bond acceptors (Lipinski definition) is 4. The zero-order chi connectivity index (χ0) is 26.0. The standard InChI is InChI=1S/C26H38N4O6/c31-21(32)15-25(11-3-1-4-12-25)17-27-23(35)29-19-7-9-20(10-8-19)30-24(36)28-18-26(16-22(33)34)13-5-2-6-14-26/h7-10H,1-6,11-18H2,(H,31,32)(H,33,34)(H2,27,29,35)(H2,28,30,36). The fraction of sp³-hybridized carbons (Fsp3) is 0.615. The molecule has 0 unspecified atom stereocenters. The number of amides is 4. The van der Waals surface area contributed by atoms with Gasteiger partial charge in [0.1, 0.15) is 0 Å². The van der Waals surface area contributed by atoms with Crippen molar-refractivity contribution in [3.8, 4) is 0 Å². The Bertz CT molecular complexity index is 846. The minimum absolute atomic E-state index is 0.0487. The van der Waals surface area contributed by atoms with Gasteiger partial charge in [0.05, 0.1) is 12.8 Å². The molecule has 2 fully saturated rings. The van der Waals surface area contributed by atoms with Gasteiger partial charge in [-0.25, -0.2) is 9.59 Å². The second kappa shape index (κ2) is 12.6. The molecule has 0 aliphatic heterocycles. The highest BCUT2D eigenvalue weighted by molar-refractivity contribution is 5.91. The van der Waals surface area contributed by atoms with Crippen LogP contribution in [0.4, 0.5) is 21.0 Å². The van der Waals surface area contributed by atoms with Gasteiger partial charge in [-0.3, -0.25) is 9.59 Å². The van der Waals surface area contributed by atoms with Gasteiger partial charge in [-0.15, -0.1) is 0 Å². The number of hydrogen-bond donors (Lipinski definition) is 6. The Hall–Kier alpha value is -3.30. The Balaban J connectivity index is 1.46. The van der Waals surface area contributed by atoms with Crippen molar-refractivity contribution >= 4 is 35.4 Å². The zero-order valence-electron chi connectivity index (χ0n) is 20.7. The molecule has 0 spiro atoms. The van der Waals surface area contributed by atoms with E-state index >= 15 is 0 Å². The van der Waals surface area contributed by atoms with Crippen molar-refractivity contribution in [1.29, 1.82) is 0 Å². The monoisotopic (exact) mass is 502 g/mol. The van der Waals surface area contributed by atoms with E-state index in [9.17, 15) is 29.4 Å². The summed E-state index contributed by atoms with van der Waals surface area (Å²) >= 11 is 0. The van der Waals surface area contributed by atoms with E-state index < -0.39 is 34.8 Å². The van der Waals surface area contributed by atoms with Crippen molar-refractivity contribution in [3.63, 3.8) is 0 Å². The van der Waals surface area contributed by atoms with Gasteiger partial charge in [0.15, 0.2) is 0 Å². The lowest BCUT2D eigenvalue weighted by Crippen LogP contribution is -2.42. The van der Waals surface area contributed by atoms with E-state index in [1.807, 2.05) is 0 Å². The highest BCUT2D eigenvalue weighted by atomic mass is 16.4. The number of nitrogens with one attached hydrogen (secondary N) is 4. The second-order valence-electron chi connectivity index (χ2n) is 10.5. The van der Waals surface area contributed by atoms with E-state index in [4.69, 9.17) is 0 Å². The van der Waals surface area contributed by atoms with Crippen molar-refractivity contribution < 1.29 is 29.4 Å². The largest absolute Gasteiger partial charge is 0.481 e. The average Bonchev–Trinajstić information content (AvgIpc) is 2.83. The van der Waals surface area contributed by atoms with Gasteiger partial charge < -0.3 is 31.5 Å². The molecule has 0 atom stereocenters. The van der Waals surface area contributed by atoms with E-state index in [0.29, 0.717) is 24.5 Å². The van der Waals surface area contributed by atoms with Crippen LogP contribution in [0.3, 0.4) is 0 Å². The molecule has 0 radical (unpaired) electrons. The molecule has 0 heterocycles. The molecular weight excluding hydrogens is 464 g/mol. The van der Waals surface area contributed by atoms with Crippen LogP contribution in [-0.2, 0) is 9.59 Å². The predicted molar refractivity (Wildman–Crippen MR) is 136 cm³/mol. The van der Waals surface area contributed by atoms with Crippen molar-refractivity contribution in [2.24, 2.45) is 10.8 Å². The lowest BCUT2D eigenvalue weighted by atomic mass is 9.72. The Morgan fingerprint density at radius 3 is 1.25 bits per heavy atom. The van der Waals surface area contributed by atoms with Gasteiger partial charge in [-0.2, -0.15) is 0 Å². The first-order valence-electron chi connectivity index (χ1n) is 12.8. The van der Waals surface area contributed by atoms with E-state index in [1.165, 1.54) is 0 Å². The molecule has 10 heteroatoms. The molecule has 36 heavy (non-hydrogen) atoms. The number of aliphatic carboxylic acids is 2. The molecule has 4 amide bonds. The highest BCUT2D eigenvalue weighted by Gasteiger charge is 2.35. The zero-order valence-corrected chi connectivity index (χ0v) is 20.7. The summed E-state index contributed by atoms with van der Waals surface area (Å²) in [6.07, 6.45) is 9.33. The molecular formula is C26H38N4O6. The Morgan fingerprint density at radius 2 is 0.944 bits per heavy atom. The molecule has 6 N–H and O–H groups in total. The fourth-order valence-corrected chi connectivity index (χ4v) is 5.60. The van der Waals surface area contributed by atoms with Crippen molar-refractivity contribution in [2.45, 2.75) is 77.0 Å². The number of carboxylic acid groups (broad SMARTS) is 2. The van der Waals surface area contributed by atoms with E-state index in [-0.39, 0.29) is 12.8 Å². The molecule has 3 rings (SSSR count). The average molecular weight is 503 g/mol. The molecule has 2 aliphatic carbocycles. The first-order valence-corrected chi connectivity index (χ1v) is 12.8. The maximum absolute atomic E-state index is 12.4. The number of anilines is 2. The summed E-state index contributed by atoms with van der Waals surface area (Å²) in [5.74, 6) is -1.69. The van der Waals surface area contributed by atoms with Crippen LogP contribution in [0.15, 0.2) is 24.3 Å². The van der Waals surface area contributed by atoms with Gasteiger partial charge in [0.2, 0.25) is 0 Å². The molecule has 0 aromatic heterocycles. The van der Waals surface area contributed by atoms with Gasteiger partial charge in [0, 0.05) is 24.5 Å². The van der Waals surface area contributed by atoms with Crippen LogP contribution in [0.5, 0.6) is 0 Å².